The molecule has 7 heteroatoms. The average molecular weight is 445 g/mol. The van der Waals surface area contributed by atoms with Gasteiger partial charge in [0.15, 0.2) is 0 Å². The molecule has 1 unspecified atom stereocenters. The maximum atomic E-state index is 12.6. The number of nitrogens with zero attached hydrogens (tertiary/aromatic N) is 3. The Hall–Kier alpha value is -3.87. The highest BCUT2D eigenvalue weighted by atomic mass is 16.6. The molecular weight excluding hydrogens is 416 g/mol. The Kier molecular flexibility index (Phi) is 6.31. The van der Waals surface area contributed by atoms with Gasteiger partial charge in [0.05, 0.1) is 24.2 Å². The van der Waals surface area contributed by atoms with Crippen molar-refractivity contribution in [2.45, 2.75) is 38.8 Å². The third-order valence-electron chi connectivity index (χ3n) is 5.15. The van der Waals surface area contributed by atoms with Crippen molar-refractivity contribution in [2.24, 2.45) is 7.05 Å². The summed E-state index contributed by atoms with van der Waals surface area (Å²) in [6, 6.07) is 17.2. The molecule has 4 rings (SSSR count). The molecule has 1 aromatic carbocycles. The van der Waals surface area contributed by atoms with Crippen molar-refractivity contribution >= 4 is 6.09 Å². The SMILES string of the molecule is Cn1c(-c2ccc(-c3ccco3)cc2)cnc1C(Cc1ccccn1)NC(=O)OC(C)(C)C. The van der Waals surface area contributed by atoms with Crippen molar-refractivity contribution in [1.29, 1.82) is 0 Å². The van der Waals surface area contributed by atoms with Crippen LogP contribution in [0.15, 0.2) is 77.7 Å². The number of carbonyl (C=O) groups is 1. The molecule has 0 saturated heterocycles. The Morgan fingerprint density at radius 2 is 1.82 bits per heavy atom. The number of benzene rings is 1. The van der Waals surface area contributed by atoms with Crippen LogP contribution in [0, 0.1) is 0 Å². The molecule has 0 aliphatic rings. The molecule has 7 nitrogen and oxygen atoms in total. The van der Waals surface area contributed by atoms with Crippen molar-refractivity contribution in [3.63, 3.8) is 0 Å². The van der Waals surface area contributed by atoms with Gasteiger partial charge in [0.2, 0.25) is 0 Å². The van der Waals surface area contributed by atoms with E-state index in [1.165, 1.54) is 0 Å². The van der Waals surface area contributed by atoms with Gasteiger partial charge in [0.1, 0.15) is 17.2 Å². The maximum absolute atomic E-state index is 12.6. The normalized spacial score (nSPS) is 12.4. The summed E-state index contributed by atoms with van der Waals surface area (Å²) in [5.41, 5.74) is 3.22. The predicted molar refractivity (Wildman–Crippen MR) is 126 cm³/mol. The first-order chi connectivity index (χ1) is 15.8. The van der Waals surface area contributed by atoms with Crippen LogP contribution in [-0.4, -0.2) is 26.2 Å². The average Bonchev–Trinajstić information content (AvgIpc) is 3.43. The number of carbonyl (C=O) groups excluding carboxylic acids is 1. The standard InChI is InChI=1S/C26H28N4O3/c1-26(2,3)33-25(31)29-21(16-20-8-5-6-14-27-20)24-28-17-22(30(24)4)18-10-12-19(13-11-18)23-9-7-15-32-23/h5-15,17,21H,16H2,1-4H3,(H,29,31). The number of amides is 1. The fourth-order valence-corrected chi connectivity index (χ4v) is 3.65. The number of rotatable bonds is 6. The minimum atomic E-state index is -0.595. The Morgan fingerprint density at radius 1 is 1.06 bits per heavy atom. The van der Waals surface area contributed by atoms with E-state index < -0.39 is 17.7 Å². The topological polar surface area (TPSA) is 82.2 Å². The number of pyridine rings is 1. The Labute approximate surface area is 193 Å². The number of furan rings is 1. The minimum Gasteiger partial charge on any atom is -0.464 e. The van der Waals surface area contributed by atoms with Gasteiger partial charge in [-0.3, -0.25) is 4.98 Å². The highest BCUT2D eigenvalue weighted by Crippen LogP contribution is 2.27. The second kappa shape index (κ2) is 9.32. The van der Waals surface area contributed by atoms with Crippen LogP contribution in [0.3, 0.4) is 0 Å². The van der Waals surface area contributed by atoms with Crippen molar-refractivity contribution in [3.8, 4) is 22.6 Å². The molecule has 0 spiro atoms. The highest BCUT2D eigenvalue weighted by molar-refractivity contribution is 5.69. The molecule has 1 amide bonds. The van der Waals surface area contributed by atoms with E-state index in [2.05, 4.69) is 15.3 Å². The molecule has 0 saturated carbocycles. The number of aromatic nitrogens is 3. The van der Waals surface area contributed by atoms with E-state index in [4.69, 9.17) is 9.15 Å². The van der Waals surface area contributed by atoms with Crippen LogP contribution >= 0.6 is 0 Å². The number of ether oxygens (including phenoxy) is 1. The first-order valence-electron chi connectivity index (χ1n) is 10.9. The van der Waals surface area contributed by atoms with E-state index in [1.807, 2.05) is 93.2 Å². The van der Waals surface area contributed by atoms with Gasteiger partial charge in [-0.05, 0) is 50.6 Å². The lowest BCUT2D eigenvalue weighted by Crippen LogP contribution is -2.36. The van der Waals surface area contributed by atoms with Crippen LogP contribution in [0.1, 0.15) is 38.3 Å². The zero-order valence-electron chi connectivity index (χ0n) is 19.3. The third kappa shape index (κ3) is 5.49. The van der Waals surface area contributed by atoms with Gasteiger partial charge in [0, 0.05) is 30.9 Å². The second-order valence-electron chi connectivity index (χ2n) is 8.84. The van der Waals surface area contributed by atoms with Crippen LogP contribution in [0.2, 0.25) is 0 Å². The van der Waals surface area contributed by atoms with Gasteiger partial charge < -0.3 is 19.0 Å². The van der Waals surface area contributed by atoms with Gasteiger partial charge in [-0.15, -0.1) is 0 Å². The molecule has 4 aromatic rings. The van der Waals surface area contributed by atoms with E-state index in [-0.39, 0.29) is 0 Å². The molecule has 3 heterocycles. The molecule has 0 bridgehead atoms. The number of hydrogen-bond acceptors (Lipinski definition) is 5. The lowest BCUT2D eigenvalue weighted by Gasteiger charge is -2.23. The lowest BCUT2D eigenvalue weighted by atomic mass is 10.1. The zero-order chi connectivity index (χ0) is 23.4. The van der Waals surface area contributed by atoms with Gasteiger partial charge in [-0.2, -0.15) is 0 Å². The lowest BCUT2D eigenvalue weighted by molar-refractivity contribution is 0.0500. The van der Waals surface area contributed by atoms with Crippen LogP contribution in [-0.2, 0) is 18.2 Å². The number of hydrogen-bond donors (Lipinski definition) is 1. The molecule has 0 radical (unpaired) electrons. The molecule has 170 valence electrons. The molecule has 3 aromatic heterocycles. The van der Waals surface area contributed by atoms with Crippen LogP contribution < -0.4 is 5.32 Å². The third-order valence-corrected chi connectivity index (χ3v) is 5.15. The van der Waals surface area contributed by atoms with Gasteiger partial charge in [-0.25, -0.2) is 9.78 Å². The van der Waals surface area contributed by atoms with Crippen LogP contribution in [0.4, 0.5) is 4.79 Å². The minimum absolute atomic E-state index is 0.407. The highest BCUT2D eigenvalue weighted by Gasteiger charge is 2.25. The van der Waals surface area contributed by atoms with Crippen molar-refractivity contribution in [3.05, 3.63) is 84.8 Å². The monoisotopic (exact) mass is 444 g/mol. The molecule has 0 aliphatic carbocycles. The van der Waals surface area contributed by atoms with E-state index in [0.717, 1.165) is 34.1 Å². The Bertz CT molecular complexity index is 1190. The van der Waals surface area contributed by atoms with Crippen molar-refractivity contribution in [1.82, 2.24) is 19.9 Å². The molecule has 1 atom stereocenters. The number of imidazole rings is 1. The molecular formula is C26H28N4O3. The zero-order valence-corrected chi connectivity index (χ0v) is 19.3. The summed E-state index contributed by atoms with van der Waals surface area (Å²) in [6.45, 7) is 5.52. The number of alkyl carbamates (subject to hydrolysis) is 1. The molecule has 1 N–H and O–H groups in total. The number of nitrogens with one attached hydrogen (secondary N) is 1. The van der Waals surface area contributed by atoms with Gasteiger partial charge in [-0.1, -0.05) is 30.3 Å². The van der Waals surface area contributed by atoms with Crippen LogP contribution in [0.25, 0.3) is 22.6 Å². The molecule has 0 aliphatic heterocycles. The quantitative estimate of drug-likeness (QED) is 0.422. The Morgan fingerprint density at radius 3 is 2.45 bits per heavy atom. The van der Waals surface area contributed by atoms with E-state index in [9.17, 15) is 4.79 Å². The van der Waals surface area contributed by atoms with Crippen molar-refractivity contribution < 1.29 is 13.9 Å². The summed E-state index contributed by atoms with van der Waals surface area (Å²) in [5.74, 6) is 1.54. The first kappa shape index (κ1) is 22.3. The van der Waals surface area contributed by atoms with E-state index in [1.54, 1.807) is 12.5 Å². The second-order valence-corrected chi connectivity index (χ2v) is 8.84. The maximum Gasteiger partial charge on any atom is 0.408 e. The van der Waals surface area contributed by atoms with E-state index in [0.29, 0.717) is 6.42 Å². The smallest absolute Gasteiger partial charge is 0.408 e. The fraction of sp³-hybridized carbons (Fsp3) is 0.269. The molecule has 0 fully saturated rings. The summed E-state index contributed by atoms with van der Waals surface area (Å²) in [5, 5.41) is 2.97. The summed E-state index contributed by atoms with van der Waals surface area (Å²) in [4.78, 5) is 21.6. The van der Waals surface area contributed by atoms with Gasteiger partial charge >= 0.3 is 6.09 Å². The fourth-order valence-electron chi connectivity index (χ4n) is 3.65. The summed E-state index contributed by atoms with van der Waals surface area (Å²) in [7, 11) is 1.94. The largest absolute Gasteiger partial charge is 0.464 e. The van der Waals surface area contributed by atoms with Crippen LogP contribution in [0.5, 0.6) is 0 Å². The summed E-state index contributed by atoms with van der Waals surface area (Å²) in [6.07, 6.45) is 5.22. The van der Waals surface area contributed by atoms with Gasteiger partial charge in [0.25, 0.3) is 0 Å². The summed E-state index contributed by atoms with van der Waals surface area (Å²) >= 11 is 0. The predicted octanol–water partition coefficient (Wildman–Crippen LogP) is 5.55. The Balaban J connectivity index is 1.61. The van der Waals surface area contributed by atoms with Crippen molar-refractivity contribution in [2.75, 3.05) is 0 Å². The summed E-state index contributed by atoms with van der Waals surface area (Å²) < 4.78 is 13.0. The van der Waals surface area contributed by atoms with E-state index >= 15 is 0 Å². The first-order valence-corrected chi connectivity index (χ1v) is 10.9. The molecule has 33 heavy (non-hydrogen) atoms.